The van der Waals surface area contributed by atoms with Crippen LogP contribution in [0.1, 0.15) is 54.1 Å². The first-order chi connectivity index (χ1) is 11.8. The quantitative estimate of drug-likeness (QED) is 0.520. The SMILES string of the molecule is O=C(c1ccc(Br)cc1)[C@H]1[C@H](c2ccccc2)N1C1CCCCC1. The predicted molar refractivity (Wildman–Crippen MR) is 100 cm³/mol. The number of rotatable bonds is 4. The number of benzene rings is 2. The first-order valence-electron chi connectivity index (χ1n) is 8.88. The lowest BCUT2D eigenvalue weighted by Gasteiger charge is -2.24. The van der Waals surface area contributed by atoms with E-state index in [-0.39, 0.29) is 17.9 Å². The van der Waals surface area contributed by atoms with Crippen LogP contribution in [0, 0.1) is 0 Å². The Morgan fingerprint density at radius 3 is 2.25 bits per heavy atom. The summed E-state index contributed by atoms with van der Waals surface area (Å²) in [6, 6.07) is 19.1. The van der Waals surface area contributed by atoms with Crippen LogP contribution in [0.2, 0.25) is 0 Å². The van der Waals surface area contributed by atoms with Gasteiger partial charge >= 0.3 is 0 Å². The van der Waals surface area contributed by atoms with Crippen molar-refractivity contribution in [1.82, 2.24) is 4.90 Å². The molecule has 3 atom stereocenters. The number of halogens is 1. The monoisotopic (exact) mass is 383 g/mol. The van der Waals surface area contributed by atoms with Crippen LogP contribution in [0.25, 0.3) is 0 Å². The van der Waals surface area contributed by atoms with Gasteiger partial charge in [-0.05, 0) is 30.5 Å². The molecule has 2 aliphatic rings. The Balaban J connectivity index is 1.61. The van der Waals surface area contributed by atoms with E-state index in [1.165, 1.54) is 37.7 Å². The van der Waals surface area contributed by atoms with E-state index in [0.717, 1.165) is 10.0 Å². The second-order valence-corrected chi connectivity index (χ2v) is 7.83. The summed E-state index contributed by atoms with van der Waals surface area (Å²) in [6.45, 7) is 0. The lowest BCUT2D eigenvalue weighted by molar-refractivity contribution is 0.0963. The van der Waals surface area contributed by atoms with E-state index in [1.54, 1.807) is 0 Å². The summed E-state index contributed by atoms with van der Waals surface area (Å²) >= 11 is 3.45. The van der Waals surface area contributed by atoms with E-state index in [9.17, 15) is 4.79 Å². The molecule has 2 aromatic carbocycles. The van der Waals surface area contributed by atoms with Gasteiger partial charge in [0.05, 0.1) is 12.1 Å². The number of hydrogen-bond donors (Lipinski definition) is 0. The van der Waals surface area contributed by atoms with E-state index < -0.39 is 0 Å². The Morgan fingerprint density at radius 1 is 0.917 bits per heavy atom. The van der Waals surface area contributed by atoms with Crippen molar-refractivity contribution < 1.29 is 4.79 Å². The summed E-state index contributed by atoms with van der Waals surface area (Å²) in [5.41, 5.74) is 2.10. The summed E-state index contributed by atoms with van der Waals surface area (Å²) in [5, 5.41) is 0. The standard InChI is InChI=1S/C21H22BrNO/c22-17-13-11-16(12-14-17)21(24)20-19(15-7-3-1-4-8-15)23(20)18-9-5-2-6-10-18/h1,3-4,7-8,11-14,18-20H,2,5-6,9-10H2/t19-,20+,23?/m0/s1. The minimum Gasteiger partial charge on any atom is -0.292 e. The average molecular weight is 384 g/mol. The molecular formula is C21H22BrNO. The molecule has 0 N–H and O–H groups in total. The van der Waals surface area contributed by atoms with Crippen molar-refractivity contribution in [2.24, 2.45) is 0 Å². The molecule has 1 heterocycles. The van der Waals surface area contributed by atoms with Crippen molar-refractivity contribution in [2.75, 3.05) is 0 Å². The maximum atomic E-state index is 13.1. The zero-order valence-electron chi connectivity index (χ0n) is 13.7. The molecule has 4 rings (SSSR count). The molecule has 2 fully saturated rings. The molecule has 3 heteroatoms. The molecule has 0 bridgehead atoms. The van der Waals surface area contributed by atoms with Crippen molar-refractivity contribution in [1.29, 1.82) is 0 Å². The number of Topliss-reactive ketones (excluding diaryl/α,β-unsaturated/α-hetero) is 1. The fraction of sp³-hybridized carbons (Fsp3) is 0.381. The van der Waals surface area contributed by atoms with Gasteiger partial charge in [-0.2, -0.15) is 0 Å². The normalized spacial score (nSPS) is 27.0. The van der Waals surface area contributed by atoms with Gasteiger partial charge in [0.25, 0.3) is 0 Å². The van der Waals surface area contributed by atoms with Gasteiger partial charge in [-0.3, -0.25) is 9.69 Å². The molecule has 24 heavy (non-hydrogen) atoms. The minimum atomic E-state index is 0.0108. The Kier molecular flexibility index (Phi) is 4.55. The third kappa shape index (κ3) is 3.07. The molecule has 0 amide bonds. The largest absolute Gasteiger partial charge is 0.292 e. The molecule has 2 aromatic rings. The van der Waals surface area contributed by atoms with Crippen LogP contribution in [-0.4, -0.2) is 22.8 Å². The summed E-state index contributed by atoms with van der Waals surface area (Å²) in [5.74, 6) is 0.266. The highest BCUT2D eigenvalue weighted by Gasteiger charge is 2.55. The second kappa shape index (κ2) is 6.81. The van der Waals surface area contributed by atoms with Gasteiger partial charge in [0.15, 0.2) is 5.78 Å². The molecule has 1 aliphatic heterocycles. The molecular weight excluding hydrogens is 362 g/mol. The maximum Gasteiger partial charge on any atom is 0.181 e. The second-order valence-electron chi connectivity index (χ2n) is 6.91. The third-order valence-electron chi connectivity index (χ3n) is 5.39. The number of ketones is 1. The molecule has 1 saturated heterocycles. The van der Waals surface area contributed by atoms with Gasteiger partial charge in [-0.25, -0.2) is 0 Å². The highest BCUT2D eigenvalue weighted by atomic mass is 79.9. The van der Waals surface area contributed by atoms with Gasteiger partial charge in [0.2, 0.25) is 0 Å². The topological polar surface area (TPSA) is 20.1 Å². The summed E-state index contributed by atoms with van der Waals surface area (Å²) < 4.78 is 1.01. The Hall–Kier alpha value is -1.45. The average Bonchev–Trinajstić information content (AvgIpc) is 3.39. The maximum absolute atomic E-state index is 13.1. The van der Waals surface area contributed by atoms with E-state index >= 15 is 0 Å². The minimum absolute atomic E-state index is 0.0108. The van der Waals surface area contributed by atoms with Crippen LogP contribution in [0.3, 0.4) is 0 Å². The fourth-order valence-corrected chi connectivity index (χ4v) is 4.41. The van der Waals surface area contributed by atoms with Crippen LogP contribution in [0.15, 0.2) is 59.1 Å². The molecule has 2 nitrogen and oxygen atoms in total. The van der Waals surface area contributed by atoms with E-state index in [0.29, 0.717) is 6.04 Å². The van der Waals surface area contributed by atoms with Crippen LogP contribution in [0.4, 0.5) is 0 Å². The smallest absolute Gasteiger partial charge is 0.181 e. The Morgan fingerprint density at radius 2 is 1.58 bits per heavy atom. The fourth-order valence-electron chi connectivity index (χ4n) is 4.15. The van der Waals surface area contributed by atoms with Gasteiger partial charge in [0.1, 0.15) is 0 Å². The van der Waals surface area contributed by atoms with Crippen LogP contribution < -0.4 is 0 Å². The Labute approximate surface area is 152 Å². The first kappa shape index (κ1) is 16.0. The number of carbonyl (C=O) groups excluding carboxylic acids is 1. The number of carbonyl (C=O) groups is 1. The zero-order valence-corrected chi connectivity index (χ0v) is 15.3. The van der Waals surface area contributed by atoms with Crippen molar-refractivity contribution in [3.8, 4) is 0 Å². The number of hydrogen-bond acceptors (Lipinski definition) is 2. The molecule has 1 unspecified atom stereocenters. The number of nitrogens with zero attached hydrogens (tertiary/aromatic N) is 1. The van der Waals surface area contributed by atoms with E-state index in [4.69, 9.17) is 0 Å². The van der Waals surface area contributed by atoms with Crippen molar-refractivity contribution in [3.63, 3.8) is 0 Å². The summed E-state index contributed by atoms with van der Waals surface area (Å²) in [6.07, 6.45) is 6.39. The van der Waals surface area contributed by atoms with Gasteiger partial charge in [-0.15, -0.1) is 0 Å². The summed E-state index contributed by atoms with van der Waals surface area (Å²) in [7, 11) is 0. The molecule has 0 spiro atoms. The van der Waals surface area contributed by atoms with Crippen molar-refractivity contribution in [2.45, 2.75) is 50.2 Å². The summed E-state index contributed by atoms with van der Waals surface area (Å²) in [4.78, 5) is 15.6. The highest BCUT2D eigenvalue weighted by molar-refractivity contribution is 9.10. The third-order valence-corrected chi connectivity index (χ3v) is 5.92. The van der Waals surface area contributed by atoms with Crippen LogP contribution >= 0.6 is 15.9 Å². The molecule has 0 aromatic heterocycles. The van der Waals surface area contributed by atoms with E-state index in [1.807, 2.05) is 30.3 Å². The lowest BCUT2D eigenvalue weighted by atomic mass is 9.95. The molecule has 1 aliphatic carbocycles. The van der Waals surface area contributed by atoms with Gasteiger partial charge in [0, 0.05) is 16.1 Å². The molecule has 124 valence electrons. The first-order valence-corrected chi connectivity index (χ1v) is 9.67. The van der Waals surface area contributed by atoms with Gasteiger partial charge in [-0.1, -0.05) is 77.7 Å². The molecule has 0 radical (unpaired) electrons. The molecule has 1 saturated carbocycles. The van der Waals surface area contributed by atoms with E-state index in [2.05, 4.69) is 45.1 Å². The lowest BCUT2D eigenvalue weighted by Crippen LogP contribution is -2.26. The van der Waals surface area contributed by atoms with Crippen LogP contribution in [0.5, 0.6) is 0 Å². The highest BCUT2D eigenvalue weighted by Crippen LogP contribution is 2.49. The van der Waals surface area contributed by atoms with Crippen molar-refractivity contribution >= 4 is 21.7 Å². The zero-order chi connectivity index (χ0) is 16.5. The predicted octanol–water partition coefficient (Wildman–Crippen LogP) is 5.39. The van der Waals surface area contributed by atoms with Crippen LogP contribution in [-0.2, 0) is 0 Å². The Bertz CT molecular complexity index is 706. The van der Waals surface area contributed by atoms with Gasteiger partial charge < -0.3 is 0 Å². The van der Waals surface area contributed by atoms with Crippen molar-refractivity contribution in [3.05, 3.63) is 70.2 Å².